The summed E-state index contributed by atoms with van der Waals surface area (Å²) in [5.41, 5.74) is 4.30. The molecule has 32 heavy (non-hydrogen) atoms. The highest BCUT2D eigenvalue weighted by atomic mass is 79.9. The number of carbonyl (C=O) groups is 2. The van der Waals surface area contributed by atoms with Crippen LogP contribution in [0.2, 0.25) is 5.02 Å². The number of rotatable bonds is 8. The molecule has 0 fully saturated rings. The highest BCUT2D eigenvalue weighted by molar-refractivity contribution is 9.10. The molecule has 0 saturated carbocycles. The summed E-state index contributed by atoms with van der Waals surface area (Å²) in [6.45, 7) is 2.20. The molecule has 0 aromatic heterocycles. The van der Waals surface area contributed by atoms with Gasteiger partial charge in [-0.1, -0.05) is 51.8 Å². The van der Waals surface area contributed by atoms with Crippen molar-refractivity contribution in [3.8, 4) is 11.5 Å². The topological polar surface area (TPSA) is 77.0 Å². The van der Waals surface area contributed by atoms with Gasteiger partial charge in [-0.05, 0) is 60.5 Å². The number of nitrogens with zero attached hydrogens (tertiary/aromatic N) is 1. The molecule has 6 nitrogen and oxygen atoms in total. The molecular weight excluding hydrogens is 496 g/mol. The molecule has 164 valence electrons. The lowest BCUT2D eigenvalue weighted by Gasteiger charge is -2.12. The van der Waals surface area contributed by atoms with E-state index in [-0.39, 0.29) is 23.6 Å². The average Bonchev–Trinajstić information content (AvgIpc) is 2.77. The number of hydrogen-bond donors (Lipinski definition) is 1. The van der Waals surface area contributed by atoms with Gasteiger partial charge in [0.2, 0.25) is 5.91 Å². The molecule has 1 N–H and O–H groups in total. The Morgan fingerprint density at radius 1 is 1.06 bits per heavy atom. The van der Waals surface area contributed by atoms with Crippen LogP contribution >= 0.6 is 27.5 Å². The number of amides is 1. The van der Waals surface area contributed by atoms with Gasteiger partial charge in [-0.15, -0.1) is 0 Å². The molecule has 0 radical (unpaired) electrons. The Labute approximate surface area is 199 Å². The summed E-state index contributed by atoms with van der Waals surface area (Å²) in [4.78, 5) is 24.5. The third-order valence-corrected chi connectivity index (χ3v) is 5.10. The molecule has 3 aromatic carbocycles. The number of nitrogens with one attached hydrogen (secondary N) is 1. The maximum absolute atomic E-state index is 12.5. The molecular formula is C24H20BrClN2O4. The van der Waals surface area contributed by atoms with E-state index in [0.717, 1.165) is 10.0 Å². The first-order valence-electron chi connectivity index (χ1n) is 9.76. The predicted octanol–water partition coefficient (Wildman–Crippen LogP) is 5.41. The molecule has 0 aliphatic rings. The third kappa shape index (κ3) is 6.67. The van der Waals surface area contributed by atoms with Crippen LogP contribution in [0, 0.1) is 0 Å². The molecule has 1 amide bonds. The van der Waals surface area contributed by atoms with Crippen molar-refractivity contribution in [2.45, 2.75) is 13.3 Å². The van der Waals surface area contributed by atoms with Gasteiger partial charge in [0.1, 0.15) is 0 Å². The molecule has 0 saturated heterocycles. The predicted molar refractivity (Wildman–Crippen MR) is 128 cm³/mol. The summed E-state index contributed by atoms with van der Waals surface area (Å²) < 4.78 is 12.0. The normalized spacial score (nSPS) is 10.7. The van der Waals surface area contributed by atoms with E-state index in [0.29, 0.717) is 22.9 Å². The van der Waals surface area contributed by atoms with E-state index in [1.54, 1.807) is 42.5 Å². The van der Waals surface area contributed by atoms with Crippen LogP contribution < -0.4 is 14.9 Å². The molecule has 8 heteroatoms. The van der Waals surface area contributed by atoms with Gasteiger partial charge >= 0.3 is 5.97 Å². The van der Waals surface area contributed by atoms with Gasteiger partial charge in [-0.25, -0.2) is 10.2 Å². The Hall–Kier alpha value is -3.16. The van der Waals surface area contributed by atoms with Gasteiger partial charge in [0.25, 0.3) is 0 Å². The van der Waals surface area contributed by atoms with Gasteiger partial charge in [-0.2, -0.15) is 5.10 Å². The largest absolute Gasteiger partial charge is 0.490 e. The maximum atomic E-state index is 12.5. The summed E-state index contributed by atoms with van der Waals surface area (Å²) in [7, 11) is 0. The lowest BCUT2D eigenvalue weighted by atomic mass is 10.1. The van der Waals surface area contributed by atoms with E-state index < -0.39 is 5.97 Å². The maximum Gasteiger partial charge on any atom is 0.345 e. The standard InChI is InChI=1S/C24H20BrClN2O4/c1-2-31-22-13-17(15-27-28-23(29)14-16-7-10-18(25)11-8-16)9-12-21(22)32-24(30)19-5-3-4-6-20(19)26/h3-13,15H,2,14H2,1H3,(H,28,29)/b27-15+. The van der Waals surface area contributed by atoms with E-state index in [1.165, 1.54) is 6.21 Å². The summed E-state index contributed by atoms with van der Waals surface area (Å²) in [5, 5.41) is 4.30. The Bertz CT molecular complexity index is 1130. The molecule has 3 aromatic rings. The summed E-state index contributed by atoms with van der Waals surface area (Å²) in [6, 6.07) is 19.1. The number of benzene rings is 3. The highest BCUT2D eigenvalue weighted by Gasteiger charge is 2.15. The number of hydrazone groups is 1. The number of esters is 1. The van der Waals surface area contributed by atoms with Crippen molar-refractivity contribution in [1.82, 2.24) is 5.43 Å². The molecule has 0 heterocycles. The Balaban J connectivity index is 1.65. The van der Waals surface area contributed by atoms with Crippen LogP contribution in [0.1, 0.15) is 28.4 Å². The molecule has 0 aliphatic heterocycles. The second-order valence-corrected chi connectivity index (χ2v) is 7.93. The Morgan fingerprint density at radius 3 is 2.53 bits per heavy atom. The smallest absolute Gasteiger partial charge is 0.345 e. The molecule has 3 rings (SSSR count). The summed E-state index contributed by atoms with van der Waals surface area (Å²) >= 11 is 9.43. The van der Waals surface area contributed by atoms with Crippen LogP contribution in [-0.4, -0.2) is 24.7 Å². The fourth-order valence-corrected chi connectivity index (χ4v) is 3.22. The molecule has 0 atom stereocenters. The Morgan fingerprint density at radius 2 is 1.81 bits per heavy atom. The van der Waals surface area contributed by atoms with Crippen molar-refractivity contribution in [3.05, 3.63) is 92.9 Å². The molecule has 0 aliphatic carbocycles. The second kappa shape index (κ2) is 11.5. The summed E-state index contributed by atoms with van der Waals surface area (Å²) in [6.07, 6.45) is 1.70. The SMILES string of the molecule is CCOc1cc(/C=N/NC(=O)Cc2ccc(Br)cc2)ccc1OC(=O)c1ccccc1Cl. The summed E-state index contributed by atoms with van der Waals surface area (Å²) in [5.74, 6) is -0.191. The van der Waals surface area contributed by atoms with Crippen molar-refractivity contribution in [3.63, 3.8) is 0 Å². The fraction of sp³-hybridized carbons (Fsp3) is 0.125. The number of carbonyl (C=O) groups excluding carboxylic acids is 2. The van der Waals surface area contributed by atoms with Crippen molar-refractivity contribution < 1.29 is 19.1 Å². The average molecular weight is 516 g/mol. The molecule has 0 bridgehead atoms. The number of hydrogen-bond acceptors (Lipinski definition) is 5. The minimum absolute atomic E-state index is 0.214. The zero-order valence-corrected chi connectivity index (χ0v) is 19.5. The minimum Gasteiger partial charge on any atom is -0.490 e. The van der Waals surface area contributed by atoms with Gasteiger partial charge in [0.05, 0.1) is 29.8 Å². The number of ether oxygens (including phenoxy) is 2. The fourth-order valence-electron chi connectivity index (χ4n) is 2.75. The molecule has 0 unspecified atom stereocenters. The van der Waals surface area contributed by atoms with E-state index in [2.05, 4.69) is 26.5 Å². The van der Waals surface area contributed by atoms with Crippen molar-refractivity contribution in [2.75, 3.05) is 6.61 Å². The lowest BCUT2D eigenvalue weighted by molar-refractivity contribution is -0.120. The van der Waals surface area contributed by atoms with Crippen LogP contribution in [0.4, 0.5) is 0 Å². The Kier molecular flexibility index (Phi) is 8.41. The zero-order valence-electron chi connectivity index (χ0n) is 17.2. The lowest BCUT2D eigenvalue weighted by Crippen LogP contribution is -2.19. The second-order valence-electron chi connectivity index (χ2n) is 6.60. The van der Waals surface area contributed by atoms with Crippen molar-refractivity contribution in [1.29, 1.82) is 0 Å². The zero-order chi connectivity index (χ0) is 22.9. The van der Waals surface area contributed by atoms with Gasteiger partial charge in [-0.3, -0.25) is 4.79 Å². The third-order valence-electron chi connectivity index (χ3n) is 4.24. The van der Waals surface area contributed by atoms with Crippen LogP contribution in [-0.2, 0) is 11.2 Å². The van der Waals surface area contributed by atoms with Gasteiger partial charge < -0.3 is 9.47 Å². The quantitative estimate of drug-likeness (QED) is 0.188. The van der Waals surface area contributed by atoms with Crippen LogP contribution in [0.25, 0.3) is 0 Å². The van der Waals surface area contributed by atoms with Crippen LogP contribution in [0.5, 0.6) is 11.5 Å². The van der Waals surface area contributed by atoms with Crippen molar-refractivity contribution >= 4 is 45.6 Å². The first-order valence-corrected chi connectivity index (χ1v) is 10.9. The highest BCUT2D eigenvalue weighted by Crippen LogP contribution is 2.29. The molecule has 0 spiro atoms. The van der Waals surface area contributed by atoms with Crippen molar-refractivity contribution in [2.24, 2.45) is 5.10 Å². The van der Waals surface area contributed by atoms with E-state index in [4.69, 9.17) is 21.1 Å². The number of halogens is 2. The minimum atomic E-state index is -0.585. The monoisotopic (exact) mass is 514 g/mol. The van der Waals surface area contributed by atoms with E-state index in [1.807, 2.05) is 31.2 Å². The van der Waals surface area contributed by atoms with Gasteiger partial charge in [0.15, 0.2) is 11.5 Å². The first kappa shape index (κ1) is 23.5. The van der Waals surface area contributed by atoms with Crippen LogP contribution in [0.15, 0.2) is 76.3 Å². The van der Waals surface area contributed by atoms with Crippen LogP contribution in [0.3, 0.4) is 0 Å². The van der Waals surface area contributed by atoms with E-state index in [9.17, 15) is 9.59 Å². The van der Waals surface area contributed by atoms with Gasteiger partial charge in [0, 0.05) is 4.47 Å². The first-order chi connectivity index (χ1) is 15.5. The van der Waals surface area contributed by atoms with E-state index >= 15 is 0 Å².